The molecule has 2 saturated heterocycles. The molecule has 0 bridgehead atoms. The number of amides is 6. The van der Waals surface area contributed by atoms with E-state index in [2.05, 4.69) is 31.9 Å². The predicted octanol–water partition coefficient (Wildman–Crippen LogP) is 1.58. The fraction of sp³-hybridized carbons (Fsp3) is 0.524. The lowest BCUT2D eigenvalue weighted by Crippen LogP contribution is -2.47. The molecule has 31 heavy (non-hydrogen) atoms. The number of nitrogens with one attached hydrogen (secondary N) is 6. The van der Waals surface area contributed by atoms with E-state index in [1.807, 2.05) is 6.92 Å². The molecule has 10 nitrogen and oxygen atoms in total. The third-order valence-corrected chi connectivity index (χ3v) is 5.42. The van der Waals surface area contributed by atoms with Gasteiger partial charge in [-0.1, -0.05) is 6.07 Å². The van der Waals surface area contributed by atoms with Crippen molar-refractivity contribution in [1.82, 2.24) is 21.3 Å². The van der Waals surface area contributed by atoms with Crippen LogP contribution in [-0.4, -0.2) is 49.0 Å². The monoisotopic (exact) mass is 430 g/mol. The van der Waals surface area contributed by atoms with Crippen LogP contribution in [0.5, 0.6) is 0 Å². The predicted molar refractivity (Wildman–Crippen MR) is 117 cm³/mol. The fourth-order valence-electron chi connectivity index (χ4n) is 3.63. The molecule has 0 unspecified atom stereocenters. The smallest absolute Gasteiger partial charge is 0.319 e. The van der Waals surface area contributed by atoms with Crippen molar-refractivity contribution >= 4 is 35.3 Å². The second-order valence-corrected chi connectivity index (χ2v) is 7.91. The molecule has 2 heterocycles. The first-order valence-corrected chi connectivity index (χ1v) is 10.7. The molecule has 2 atom stereocenters. The summed E-state index contributed by atoms with van der Waals surface area (Å²) in [5.41, 5.74) is 1.78. The number of hydrogen-bond donors (Lipinski definition) is 6. The maximum absolute atomic E-state index is 12.4. The van der Waals surface area contributed by atoms with Crippen molar-refractivity contribution in [2.75, 3.05) is 23.7 Å². The van der Waals surface area contributed by atoms with Gasteiger partial charge in [0.15, 0.2) is 0 Å². The Balaban J connectivity index is 1.57. The topological polar surface area (TPSA) is 140 Å². The first-order valence-electron chi connectivity index (χ1n) is 10.7. The molecule has 0 aliphatic carbocycles. The zero-order chi connectivity index (χ0) is 22.2. The van der Waals surface area contributed by atoms with E-state index in [1.54, 1.807) is 18.2 Å². The van der Waals surface area contributed by atoms with Gasteiger partial charge in [-0.25, -0.2) is 9.59 Å². The molecule has 0 saturated carbocycles. The van der Waals surface area contributed by atoms with Crippen molar-refractivity contribution in [2.24, 2.45) is 0 Å². The van der Waals surface area contributed by atoms with Crippen LogP contribution in [0.4, 0.5) is 21.0 Å². The van der Waals surface area contributed by atoms with Gasteiger partial charge in [-0.2, -0.15) is 0 Å². The summed E-state index contributed by atoms with van der Waals surface area (Å²) in [6.07, 6.45) is 4.68. The van der Waals surface area contributed by atoms with Crippen LogP contribution in [0, 0.1) is 6.92 Å². The minimum Gasteiger partial charge on any atom is -0.354 e. The van der Waals surface area contributed by atoms with E-state index < -0.39 is 24.1 Å². The van der Waals surface area contributed by atoms with E-state index in [-0.39, 0.29) is 11.8 Å². The van der Waals surface area contributed by atoms with E-state index in [1.165, 1.54) is 0 Å². The van der Waals surface area contributed by atoms with Gasteiger partial charge in [-0.3, -0.25) is 9.59 Å². The Hall–Kier alpha value is -3.30. The fourth-order valence-corrected chi connectivity index (χ4v) is 3.63. The first-order chi connectivity index (χ1) is 14.9. The van der Waals surface area contributed by atoms with Crippen LogP contribution >= 0.6 is 0 Å². The van der Waals surface area contributed by atoms with Crippen LogP contribution in [0.2, 0.25) is 0 Å². The van der Waals surface area contributed by atoms with Gasteiger partial charge in [0.2, 0.25) is 11.8 Å². The molecular weight excluding hydrogens is 400 g/mol. The summed E-state index contributed by atoms with van der Waals surface area (Å²) < 4.78 is 0. The third kappa shape index (κ3) is 6.59. The first kappa shape index (κ1) is 22.4. The largest absolute Gasteiger partial charge is 0.354 e. The van der Waals surface area contributed by atoms with Crippen molar-refractivity contribution in [3.05, 3.63) is 23.8 Å². The standard InChI is InChI=1S/C21H30N6O4/c1-13-8-9-14(24-20(30)25-15-6-2-4-10-22-18(15)28)12-17(13)27-21(31)26-16-7-3-5-11-23-19(16)29/h8-9,12,15-16H,2-7,10-11H2,1H3,(H,22,28)(H,23,29)(H2,24,25,30)(H2,26,27,31)/t15-,16-/m0/s1. The van der Waals surface area contributed by atoms with E-state index in [0.717, 1.165) is 31.2 Å². The van der Waals surface area contributed by atoms with Gasteiger partial charge in [0.05, 0.1) is 0 Å². The van der Waals surface area contributed by atoms with E-state index in [0.29, 0.717) is 37.3 Å². The molecule has 1 aromatic rings. The molecule has 0 aromatic heterocycles. The molecule has 0 radical (unpaired) electrons. The zero-order valence-corrected chi connectivity index (χ0v) is 17.7. The number of carbonyl (C=O) groups excluding carboxylic acids is 4. The summed E-state index contributed by atoms with van der Waals surface area (Å²) in [5.74, 6) is -0.364. The number of rotatable bonds is 4. The minimum absolute atomic E-state index is 0.181. The summed E-state index contributed by atoms with van der Waals surface area (Å²) in [6.45, 7) is 3.07. The molecule has 168 valence electrons. The number of urea groups is 2. The molecular formula is C21H30N6O4. The molecule has 3 rings (SSSR count). The van der Waals surface area contributed by atoms with Gasteiger partial charge in [-0.15, -0.1) is 0 Å². The Morgan fingerprint density at radius 1 is 0.839 bits per heavy atom. The molecule has 10 heteroatoms. The second kappa shape index (κ2) is 10.6. The number of hydrogen-bond acceptors (Lipinski definition) is 4. The average Bonchev–Trinajstić information content (AvgIpc) is 3.05. The number of aryl methyl sites for hydroxylation is 1. The number of benzene rings is 1. The van der Waals surface area contributed by atoms with Gasteiger partial charge < -0.3 is 31.9 Å². The summed E-state index contributed by atoms with van der Waals surface area (Å²) >= 11 is 0. The second-order valence-electron chi connectivity index (χ2n) is 7.91. The lowest BCUT2D eigenvalue weighted by Gasteiger charge is -2.18. The minimum atomic E-state index is -0.569. The van der Waals surface area contributed by atoms with E-state index in [9.17, 15) is 19.2 Å². The summed E-state index contributed by atoms with van der Waals surface area (Å²) in [5, 5.41) is 16.4. The highest BCUT2D eigenvalue weighted by Gasteiger charge is 2.23. The van der Waals surface area contributed by atoms with Crippen LogP contribution in [0.25, 0.3) is 0 Å². The van der Waals surface area contributed by atoms with Gasteiger partial charge in [0.1, 0.15) is 12.1 Å². The molecule has 0 spiro atoms. The highest BCUT2D eigenvalue weighted by molar-refractivity contribution is 5.97. The van der Waals surface area contributed by atoms with Crippen molar-refractivity contribution in [3.8, 4) is 0 Å². The van der Waals surface area contributed by atoms with Crippen LogP contribution in [0.3, 0.4) is 0 Å². The van der Waals surface area contributed by atoms with Crippen molar-refractivity contribution in [1.29, 1.82) is 0 Å². The maximum Gasteiger partial charge on any atom is 0.319 e. The summed E-state index contributed by atoms with van der Waals surface area (Å²) in [6, 6.07) is 3.00. The SMILES string of the molecule is Cc1ccc(NC(=O)N[C@H]2CCCCNC2=O)cc1NC(=O)N[C@H]1CCCCNC1=O. The van der Waals surface area contributed by atoms with Crippen molar-refractivity contribution < 1.29 is 19.2 Å². The maximum atomic E-state index is 12.4. The zero-order valence-electron chi connectivity index (χ0n) is 17.7. The Labute approximate surface area is 181 Å². The van der Waals surface area contributed by atoms with Gasteiger partial charge in [0, 0.05) is 24.5 Å². The van der Waals surface area contributed by atoms with Crippen LogP contribution < -0.4 is 31.9 Å². The Morgan fingerprint density at radius 3 is 1.97 bits per heavy atom. The van der Waals surface area contributed by atoms with Gasteiger partial charge in [0.25, 0.3) is 0 Å². The van der Waals surface area contributed by atoms with Crippen molar-refractivity contribution in [2.45, 2.75) is 57.5 Å². The van der Waals surface area contributed by atoms with Crippen LogP contribution in [-0.2, 0) is 9.59 Å². The highest BCUT2D eigenvalue weighted by Crippen LogP contribution is 2.20. The van der Waals surface area contributed by atoms with Crippen molar-refractivity contribution in [3.63, 3.8) is 0 Å². The summed E-state index contributed by atoms with van der Waals surface area (Å²) in [4.78, 5) is 48.8. The molecule has 6 amide bonds. The third-order valence-electron chi connectivity index (χ3n) is 5.42. The molecule has 1 aromatic carbocycles. The Kier molecular flexibility index (Phi) is 7.69. The van der Waals surface area contributed by atoms with Gasteiger partial charge >= 0.3 is 12.1 Å². The van der Waals surface area contributed by atoms with Crippen LogP contribution in [0.1, 0.15) is 44.1 Å². The molecule has 2 fully saturated rings. The molecule has 2 aliphatic heterocycles. The molecule has 2 aliphatic rings. The van der Waals surface area contributed by atoms with Crippen LogP contribution in [0.15, 0.2) is 18.2 Å². The highest BCUT2D eigenvalue weighted by atomic mass is 16.2. The average molecular weight is 431 g/mol. The number of anilines is 2. The van der Waals surface area contributed by atoms with Gasteiger partial charge in [-0.05, 0) is 63.1 Å². The number of carbonyl (C=O) groups is 4. The summed E-state index contributed by atoms with van der Waals surface area (Å²) in [7, 11) is 0. The Morgan fingerprint density at radius 2 is 1.39 bits per heavy atom. The van der Waals surface area contributed by atoms with E-state index in [4.69, 9.17) is 0 Å². The van der Waals surface area contributed by atoms with E-state index >= 15 is 0 Å². The quantitative estimate of drug-likeness (QED) is 0.431. The lowest BCUT2D eigenvalue weighted by molar-refractivity contribution is -0.123. The normalized spacial score (nSPS) is 21.6. The Bertz CT molecular complexity index is 843. The lowest BCUT2D eigenvalue weighted by atomic mass is 10.1. The molecule has 6 N–H and O–H groups in total.